The maximum Gasteiger partial charge on any atom is 0.261 e. The SMILES string of the molecule is O=C(NCC1(c2cccc(Cl)c2)CC1)c1cccs1. The molecule has 0 spiro atoms. The van der Waals surface area contributed by atoms with Crippen LogP contribution in [0.4, 0.5) is 0 Å². The lowest BCUT2D eigenvalue weighted by Crippen LogP contribution is -2.31. The smallest absolute Gasteiger partial charge is 0.261 e. The van der Waals surface area contributed by atoms with Gasteiger partial charge in [-0.1, -0.05) is 29.8 Å². The molecule has 98 valence electrons. The summed E-state index contributed by atoms with van der Waals surface area (Å²) >= 11 is 7.50. The molecular formula is C15H14ClNOS. The standard InChI is InChI=1S/C15H14ClNOS/c16-12-4-1-3-11(9-12)15(6-7-15)10-17-14(18)13-5-2-8-19-13/h1-5,8-9H,6-7,10H2,(H,17,18). The van der Waals surface area contributed by atoms with E-state index in [0.717, 1.165) is 22.7 Å². The number of hydrogen-bond donors (Lipinski definition) is 1. The van der Waals surface area contributed by atoms with Crippen LogP contribution in [0.3, 0.4) is 0 Å². The molecule has 1 aliphatic carbocycles. The van der Waals surface area contributed by atoms with Crippen LogP contribution in [-0.4, -0.2) is 12.5 Å². The average molecular weight is 292 g/mol. The zero-order chi connectivity index (χ0) is 13.3. The number of nitrogens with one attached hydrogen (secondary N) is 1. The predicted octanol–water partition coefficient (Wildman–Crippen LogP) is 3.86. The summed E-state index contributed by atoms with van der Waals surface area (Å²) in [5.74, 6) is 0.0169. The molecule has 1 aliphatic rings. The topological polar surface area (TPSA) is 29.1 Å². The Morgan fingerprint density at radius 1 is 1.32 bits per heavy atom. The van der Waals surface area contributed by atoms with Gasteiger partial charge in [-0.15, -0.1) is 11.3 Å². The zero-order valence-electron chi connectivity index (χ0n) is 10.4. The van der Waals surface area contributed by atoms with Crippen molar-refractivity contribution >= 4 is 28.8 Å². The summed E-state index contributed by atoms with van der Waals surface area (Å²) in [7, 11) is 0. The summed E-state index contributed by atoms with van der Waals surface area (Å²) in [5.41, 5.74) is 1.32. The van der Waals surface area contributed by atoms with Crippen LogP contribution in [0.5, 0.6) is 0 Å². The van der Waals surface area contributed by atoms with Crippen LogP contribution in [0.2, 0.25) is 5.02 Å². The predicted molar refractivity (Wildman–Crippen MR) is 79.0 cm³/mol. The van der Waals surface area contributed by atoms with Gasteiger partial charge >= 0.3 is 0 Å². The molecule has 1 aromatic heterocycles. The van der Waals surface area contributed by atoms with Crippen molar-refractivity contribution in [3.63, 3.8) is 0 Å². The van der Waals surface area contributed by atoms with Crippen LogP contribution in [-0.2, 0) is 5.41 Å². The molecule has 4 heteroatoms. The number of thiophene rings is 1. The van der Waals surface area contributed by atoms with Gasteiger partial charge < -0.3 is 5.32 Å². The lowest BCUT2D eigenvalue weighted by molar-refractivity contribution is 0.0954. The second-order valence-corrected chi connectivity index (χ2v) is 6.33. The Bertz CT molecular complexity index is 590. The molecule has 1 amide bonds. The van der Waals surface area contributed by atoms with E-state index in [2.05, 4.69) is 11.4 Å². The summed E-state index contributed by atoms with van der Waals surface area (Å²) in [6, 6.07) is 11.7. The van der Waals surface area contributed by atoms with Crippen molar-refractivity contribution in [3.05, 3.63) is 57.2 Å². The molecule has 1 N–H and O–H groups in total. The van der Waals surface area contributed by atoms with Crippen LogP contribution in [0, 0.1) is 0 Å². The Morgan fingerprint density at radius 3 is 2.79 bits per heavy atom. The van der Waals surface area contributed by atoms with E-state index < -0.39 is 0 Å². The summed E-state index contributed by atoms with van der Waals surface area (Å²) in [6.45, 7) is 0.685. The van der Waals surface area contributed by atoms with Crippen molar-refractivity contribution in [2.45, 2.75) is 18.3 Å². The van der Waals surface area contributed by atoms with E-state index in [-0.39, 0.29) is 11.3 Å². The van der Waals surface area contributed by atoms with E-state index in [1.807, 2.05) is 35.7 Å². The van der Waals surface area contributed by atoms with Crippen LogP contribution < -0.4 is 5.32 Å². The molecule has 19 heavy (non-hydrogen) atoms. The first-order valence-corrected chi connectivity index (χ1v) is 7.53. The third-order valence-corrected chi connectivity index (χ3v) is 4.73. The van der Waals surface area contributed by atoms with Gasteiger partial charge in [-0.2, -0.15) is 0 Å². The highest BCUT2D eigenvalue weighted by molar-refractivity contribution is 7.12. The van der Waals surface area contributed by atoms with E-state index >= 15 is 0 Å². The number of rotatable bonds is 4. The van der Waals surface area contributed by atoms with Crippen molar-refractivity contribution in [2.75, 3.05) is 6.54 Å². The number of benzene rings is 1. The second-order valence-electron chi connectivity index (χ2n) is 4.95. The molecule has 1 aromatic carbocycles. The molecule has 0 atom stereocenters. The molecule has 2 aromatic rings. The average Bonchev–Trinajstić information content (AvgIpc) is 3.00. The Balaban J connectivity index is 1.68. The van der Waals surface area contributed by atoms with Crippen LogP contribution >= 0.6 is 22.9 Å². The molecule has 0 radical (unpaired) electrons. The van der Waals surface area contributed by atoms with Gasteiger partial charge in [0, 0.05) is 17.0 Å². The van der Waals surface area contributed by atoms with Crippen molar-refractivity contribution in [1.82, 2.24) is 5.32 Å². The second kappa shape index (κ2) is 4.99. The van der Waals surface area contributed by atoms with E-state index in [9.17, 15) is 4.79 Å². The fourth-order valence-electron chi connectivity index (χ4n) is 2.28. The van der Waals surface area contributed by atoms with Gasteiger partial charge in [-0.25, -0.2) is 0 Å². The summed E-state index contributed by atoms with van der Waals surface area (Å²) in [6.07, 6.45) is 2.22. The highest BCUT2D eigenvalue weighted by Crippen LogP contribution is 2.48. The largest absolute Gasteiger partial charge is 0.350 e. The van der Waals surface area contributed by atoms with Gasteiger partial charge in [0.05, 0.1) is 4.88 Å². The van der Waals surface area contributed by atoms with E-state index in [1.165, 1.54) is 16.9 Å². The number of carbonyl (C=O) groups is 1. The highest BCUT2D eigenvalue weighted by Gasteiger charge is 2.44. The Morgan fingerprint density at radius 2 is 2.16 bits per heavy atom. The zero-order valence-corrected chi connectivity index (χ0v) is 11.9. The summed E-state index contributed by atoms with van der Waals surface area (Å²) < 4.78 is 0. The van der Waals surface area contributed by atoms with Crippen LogP contribution in [0.1, 0.15) is 28.1 Å². The fourth-order valence-corrected chi connectivity index (χ4v) is 3.11. The Labute approximate surface area is 121 Å². The molecule has 3 rings (SSSR count). The third-order valence-electron chi connectivity index (χ3n) is 3.62. The quantitative estimate of drug-likeness (QED) is 0.910. The number of amides is 1. The lowest BCUT2D eigenvalue weighted by atomic mass is 9.96. The van der Waals surface area contributed by atoms with Crippen molar-refractivity contribution < 1.29 is 4.79 Å². The van der Waals surface area contributed by atoms with E-state index in [4.69, 9.17) is 11.6 Å². The minimum absolute atomic E-state index is 0.0169. The monoisotopic (exact) mass is 291 g/mol. The maximum absolute atomic E-state index is 12.0. The molecule has 0 unspecified atom stereocenters. The highest BCUT2D eigenvalue weighted by atomic mass is 35.5. The number of hydrogen-bond acceptors (Lipinski definition) is 2. The Kier molecular flexibility index (Phi) is 3.33. The Hall–Kier alpha value is -1.32. The van der Waals surface area contributed by atoms with Crippen molar-refractivity contribution in [1.29, 1.82) is 0 Å². The van der Waals surface area contributed by atoms with Gasteiger partial charge in [0.2, 0.25) is 0 Å². The van der Waals surface area contributed by atoms with E-state index in [0.29, 0.717) is 6.54 Å². The number of halogens is 1. The summed E-state index contributed by atoms with van der Waals surface area (Å²) in [5, 5.41) is 5.71. The molecule has 2 nitrogen and oxygen atoms in total. The lowest BCUT2D eigenvalue weighted by Gasteiger charge is -2.16. The molecular weight excluding hydrogens is 278 g/mol. The molecule has 0 bridgehead atoms. The normalized spacial score (nSPS) is 16.1. The van der Waals surface area contributed by atoms with Crippen molar-refractivity contribution in [2.24, 2.45) is 0 Å². The van der Waals surface area contributed by atoms with Gasteiger partial charge in [0.1, 0.15) is 0 Å². The van der Waals surface area contributed by atoms with E-state index in [1.54, 1.807) is 0 Å². The van der Waals surface area contributed by atoms with Gasteiger partial charge in [-0.05, 0) is 42.0 Å². The van der Waals surface area contributed by atoms with Crippen molar-refractivity contribution in [3.8, 4) is 0 Å². The van der Waals surface area contributed by atoms with Gasteiger partial charge in [0.15, 0.2) is 0 Å². The fraction of sp³-hybridized carbons (Fsp3) is 0.267. The van der Waals surface area contributed by atoms with Crippen LogP contribution in [0.25, 0.3) is 0 Å². The number of carbonyl (C=O) groups excluding carboxylic acids is 1. The third kappa shape index (κ3) is 2.67. The first-order chi connectivity index (χ1) is 9.20. The molecule has 0 aliphatic heterocycles. The summed E-state index contributed by atoms with van der Waals surface area (Å²) in [4.78, 5) is 12.7. The minimum Gasteiger partial charge on any atom is -0.350 e. The molecule has 1 saturated carbocycles. The van der Waals surface area contributed by atoms with Gasteiger partial charge in [0.25, 0.3) is 5.91 Å². The molecule has 1 heterocycles. The first-order valence-electron chi connectivity index (χ1n) is 6.27. The molecule has 1 fully saturated rings. The van der Waals surface area contributed by atoms with Gasteiger partial charge in [-0.3, -0.25) is 4.79 Å². The minimum atomic E-state index is 0.0169. The molecule has 0 saturated heterocycles. The van der Waals surface area contributed by atoms with Crippen LogP contribution in [0.15, 0.2) is 41.8 Å². The maximum atomic E-state index is 12.0. The first kappa shape index (κ1) is 12.7.